The van der Waals surface area contributed by atoms with Crippen molar-refractivity contribution in [3.8, 4) is 0 Å². The third-order valence-electron chi connectivity index (χ3n) is 3.33. The van der Waals surface area contributed by atoms with E-state index in [-0.39, 0.29) is 12.0 Å². The Balaban J connectivity index is 2.46. The lowest BCUT2D eigenvalue weighted by Gasteiger charge is -2.29. The fourth-order valence-electron chi connectivity index (χ4n) is 1.71. The van der Waals surface area contributed by atoms with Crippen molar-refractivity contribution in [1.82, 2.24) is 5.32 Å². The summed E-state index contributed by atoms with van der Waals surface area (Å²) in [6.45, 7) is 5.92. The van der Waals surface area contributed by atoms with Crippen molar-refractivity contribution in [2.75, 3.05) is 13.2 Å². The van der Waals surface area contributed by atoms with Gasteiger partial charge in [0.2, 0.25) is 0 Å². The molecule has 2 N–H and O–H groups in total. The van der Waals surface area contributed by atoms with Gasteiger partial charge >= 0.3 is 0 Å². The Morgan fingerprint density at radius 2 is 2.00 bits per heavy atom. The summed E-state index contributed by atoms with van der Waals surface area (Å²) < 4.78 is 7.12. The van der Waals surface area contributed by atoms with E-state index in [4.69, 9.17) is 4.42 Å². The van der Waals surface area contributed by atoms with Crippen molar-refractivity contribution in [2.24, 2.45) is 5.41 Å². The van der Waals surface area contributed by atoms with E-state index in [9.17, 15) is 5.11 Å². The van der Waals surface area contributed by atoms with Gasteiger partial charge in [0.1, 0.15) is 5.76 Å². The summed E-state index contributed by atoms with van der Waals surface area (Å²) >= 11 is 6.69. The van der Waals surface area contributed by atoms with Crippen LogP contribution in [0.5, 0.6) is 0 Å². The first-order chi connectivity index (χ1) is 8.06. The van der Waals surface area contributed by atoms with E-state index in [1.807, 2.05) is 6.07 Å². The van der Waals surface area contributed by atoms with Gasteiger partial charge in [-0.25, -0.2) is 0 Å². The monoisotopic (exact) mass is 367 g/mol. The molecule has 1 aromatic heterocycles. The molecule has 0 atom stereocenters. The summed E-state index contributed by atoms with van der Waals surface area (Å²) in [5, 5.41) is 12.8. The van der Waals surface area contributed by atoms with Crippen LogP contribution in [0.1, 0.15) is 32.4 Å². The smallest absolute Gasteiger partial charge is 0.183 e. The van der Waals surface area contributed by atoms with Gasteiger partial charge in [0.15, 0.2) is 4.67 Å². The first-order valence-electron chi connectivity index (χ1n) is 5.82. The van der Waals surface area contributed by atoms with Crippen LogP contribution in [0.15, 0.2) is 19.6 Å². The highest BCUT2D eigenvalue weighted by atomic mass is 79.9. The van der Waals surface area contributed by atoms with Crippen molar-refractivity contribution in [3.63, 3.8) is 0 Å². The van der Waals surface area contributed by atoms with Crippen LogP contribution in [0.2, 0.25) is 0 Å². The first kappa shape index (κ1) is 15.2. The molecule has 98 valence electrons. The highest BCUT2D eigenvalue weighted by Crippen LogP contribution is 2.27. The Kier molecular flexibility index (Phi) is 6.20. The molecule has 17 heavy (non-hydrogen) atoms. The highest BCUT2D eigenvalue weighted by Gasteiger charge is 2.24. The minimum atomic E-state index is -0.0128. The van der Waals surface area contributed by atoms with Gasteiger partial charge in [-0.05, 0) is 50.8 Å². The summed E-state index contributed by atoms with van der Waals surface area (Å²) in [5.41, 5.74) is -0.0128. The number of hydrogen-bond donors (Lipinski definition) is 2. The molecule has 0 unspecified atom stereocenters. The van der Waals surface area contributed by atoms with E-state index in [0.717, 1.165) is 29.6 Å². The third-order valence-corrected chi connectivity index (χ3v) is 5.04. The zero-order chi connectivity index (χ0) is 12.9. The lowest BCUT2D eigenvalue weighted by atomic mass is 9.83. The van der Waals surface area contributed by atoms with Crippen LogP contribution in [-0.4, -0.2) is 18.3 Å². The zero-order valence-electron chi connectivity index (χ0n) is 10.2. The standard InChI is InChI=1S/C12H19Br2NO2/c1-3-12(4-2,8-16)7-15-6-9-5-10(13)11(14)17-9/h5,15-16H,3-4,6-8H2,1-2H3. The van der Waals surface area contributed by atoms with Gasteiger partial charge < -0.3 is 14.8 Å². The average molecular weight is 369 g/mol. The van der Waals surface area contributed by atoms with Gasteiger partial charge in [-0.3, -0.25) is 0 Å². The molecule has 0 bridgehead atoms. The summed E-state index contributed by atoms with van der Waals surface area (Å²) in [6, 6.07) is 1.94. The molecule has 0 aliphatic carbocycles. The fraction of sp³-hybridized carbons (Fsp3) is 0.667. The number of nitrogens with one attached hydrogen (secondary N) is 1. The maximum atomic E-state index is 9.44. The number of halogens is 2. The largest absolute Gasteiger partial charge is 0.452 e. The Bertz CT molecular complexity index is 321. The van der Waals surface area contributed by atoms with E-state index in [0.29, 0.717) is 11.2 Å². The third kappa shape index (κ3) is 4.09. The molecule has 1 aromatic rings. The Morgan fingerprint density at radius 1 is 1.35 bits per heavy atom. The van der Waals surface area contributed by atoms with Crippen molar-refractivity contribution in [1.29, 1.82) is 0 Å². The predicted octanol–water partition coefficient (Wildman–Crippen LogP) is 3.69. The van der Waals surface area contributed by atoms with Crippen LogP contribution < -0.4 is 5.32 Å². The maximum Gasteiger partial charge on any atom is 0.183 e. The second kappa shape index (κ2) is 6.92. The van der Waals surface area contributed by atoms with E-state index in [2.05, 4.69) is 51.0 Å². The molecule has 0 aromatic carbocycles. The van der Waals surface area contributed by atoms with E-state index in [1.54, 1.807) is 0 Å². The van der Waals surface area contributed by atoms with Gasteiger partial charge in [-0.2, -0.15) is 0 Å². The summed E-state index contributed by atoms with van der Waals surface area (Å²) in [6.07, 6.45) is 1.94. The van der Waals surface area contributed by atoms with Gasteiger partial charge in [-0.15, -0.1) is 0 Å². The highest BCUT2D eigenvalue weighted by molar-refractivity contribution is 9.13. The topological polar surface area (TPSA) is 45.4 Å². The van der Waals surface area contributed by atoms with E-state index in [1.165, 1.54) is 0 Å². The van der Waals surface area contributed by atoms with Crippen LogP contribution in [0.3, 0.4) is 0 Å². The molecular formula is C12H19Br2NO2. The van der Waals surface area contributed by atoms with Crippen molar-refractivity contribution >= 4 is 31.9 Å². The van der Waals surface area contributed by atoms with Crippen molar-refractivity contribution in [3.05, 3.63) is 21.0 Å². The summed E-state index contributed by atoms with van der Waals surface area (Å²) in [5.74, 6) is 0.878. The second-order valence-corrected chi connectivity index (χ2v) is 5.88. The lowest BCUT2D eigenvalue weighted by molar-refractivity contribution is 0.112. The second-order valence-electron chi connectivity index (χ2n) is 4.30. The van der Waals surface area contributed by atoms with Crippen LogP contribution in [0, 0.1) is 5.41 Å². The number of aliphatic hydroxyl groups excluding tert-OH is 1. The minimum Gasteiger partial charge on any atom is -0.452 e. The molecule has 5 heteroatoms. The Hall–Kier alpha value is 0.160. The quantitative estimate of drug-likeness (QED) is 0.771. The molecule has 0 amide bonds. The summed E-state index contributed by atoms with van der Waals surface area (Å²) in [4.78, 5) is 0. The molecule has 3 nitrogen and oxygen atoms in total. The SMILES string of the molecule is CCC(CC)(CO)CNCc1cc(Br)c(Br)o1. The Labute approximate surface area is 119 Å². The average Bonchev–Trinajstić information content (AvgIpc) is 2.65. The molecule has 0 aliphatic rings. The molecule has 0 radical (unpaired) electrons. The molecule has 1 rings (SSSR count). The lowest BCUT2D eigenvalue weighted by Crippen LogP contribution is -2.36. The van der Waals surface area contributed by atoms with Gasteiger partial charge in [0.05, 0.1) is 11.0 Å². The van der Waals surface area contributed by atoms with Gasteiger partial charge in [0, 0.05) is 18.6 Å². The van der Waals surface area contributed by atoms with Gasteiger partial charge in [0.25, 0.3) is 0 Å². The fourth-order valence-corrected chi connectivity index (χ4v) is 2.37. The molecule has 0 spiro atoms. The summed E-state index contributed by atoms with van der Waals surface area (Å²) in [7, 11) is 0. The van der Waals surface area contributed by atoms with Crippen LogP contribution in [0.4, 0.5) is 0 Å². The minimum absolute atomic E-state index is 0.0128. The number of rotatable bonds is 7. The molecular weight excluding hydrogens is 350 g/mol. The number of hydrogen-bond acceptors (Lipinski definition) is 3. The zero-order valence-corrected chi connectivity index (χ0v) is 13.4. The first-order valence-corrected chi connectivity index (χ1v) is 7.40. The van der Waals surface area contributed by atoms with E-state index < -0.39 is 0 Å². The molecule has 0 saturated heterocycles. The van der Waals surface area contributed by atoms with Crippen molar-refractivity contribution < 1.29 is 9.52 Å². The van der Waals surface area contributed by atoms with Crippen molar-refractivity contribution in [2.45, 2.75) is 33.2 Å². The molecule has 0 fully saturated rings. The Morgan fingerprint density at radius 3 is 2.41 bits per heavy atom. The molecule has 1 heterocycles. The van der Waals surface area contributed by atoms with Gasteiger partial charge in [-0.1, -0.05) is 13.8 Å². The normalized spacial score (nSPS) is 12.1. The van der Waals surface area contributed by atoms with Crippen LogP contribution in [-0.2, 0) is 6.54 Å². The number of furan rings is 1. The predicted molar refractivity (Wildman–Crippen MR) is 75.9 cm³/mol. The maximum absolute atomic E-state index is 9.44. The van der Waals surface area contributed by atoms with Crippen LogP contribution in [0.25, 0.3) is 0 Å². The van der Waals surface area contributed by atoms with E-state index >= 15 is 0 Å². The molecule has 0 saturated carbocycles. The number of aliphatic hydroxyl groups is 1. The van der Waals surface area contributed by atoms with Crippen LogP contribution >= 0.6 is 31.9 Å². The molecule has 0 aliphatic heterocycles.